The van der Waals surface area contributed by atoms with E-state index in [0.29, 0.717) is 32.8 Å². The van der Waals surface area contributed by atoms with E-state index < -0.39 is 15.8 Å². The van der Waals surface area contributed by atoms with Gasteiger partial charge in [0.05, 0.1) is 12.2 Å². The molecule has 0 saturated carbocycles. The maximum absolute atomic E-state index is 12.5. The molecular weight excluding hydrogens is 254 g/mol. The molecule has 0 aromatic carbocycles. The van der Waals surface area contributed by atoms with Crippen molar-refractivity contribution in [1.82, 2.24) is 13.9 Å². The Labute approximate surface area is 109 Å². The van der Waals surface area contributed by atoms with Crippen molar-refractivity contribution in [2.24, 2.45) is 0 Å². The van der Waals surface area contributed by atoms with Crippen molar-refractivity contribution in [3.8, 4) is 0 Å². The van der Waals surface area contributed by atoms with Crippen molar-refractivity contribution >= 4 is 10.2 Å². The lowest BCUT2D eigenvalue weighted by molar-refractivity contribution is -0.0652. The summed E-state index contributed by atoms with van der Waals surface area (Å²) in [5.74, 6) is 0. The van der Waals surface area contributed by atoms with Crippen LogP contribution < -0.4 is 5.32 Å². The molecule has 7 heteroatoms. The zero-order chi connectivity index (χ0) is 13.2. The highest BCUT2D eigenvalue weighted by molar-refractivity contribution is 7.86. The molecule has 2 heterocycles. The Morgan fingerprint density at radius 2 is 1.89 bits per heavy atom. The minimum absolute atomic E-state index is 0.393. The highest BCUT2D eigenvalue weighted by Gasteiger charge is 2.37. The van der Waals surface area contributed by atoms with Crippen molar-refractivity contribution < 1.29 is 13.2 Å². The van der Waals surface area contributed by atoms with E-state index in [0.717, 1.165) is 19.5 Å². The smallest absolute Gasteiger partial charge is 0.282 e. The standard InChI is InChI=1S/C11H23N3O3S/c1-11(2)10-14(8-9-17-11)18(15,16)13-6-3-4-12-5-7-13/h12H,3-10H2,1-2H3. The van der Waals surface area contributed by atoms with Crippen molar-refractivity contribution in [3.05, 3.63) is 0 Å². The Hall–Kier alpha value is -0.210. The highest BCUT2D eigenvalue weighted by atomic mass is 32.2. The van der Waals surface area contributed by atoms with Crippen molar-refractivity contribution in [2.45, 2.75) is 25.9 Å². The molecule has 0 aliphatic carbocycles. The van der Waals surface area contributed by atoms with Crippen LogP contribution in [-0.4, -0.2) is 68.5 Å². The molecule has 2 aliphatic heterocycles. The molecule has 2 saturated heterocycles. The molecule has 0 radical (unpaired) electrons. The molecular formula is C11H23N3O3S. The van der Waals surface area contributed by atoms with Gasteiger partial charge in [-0.15, -0.1) is 0 Å². The maximum atomic E-state index is 12.5. The monoisotopic (exact) mass is 277 g/mol. The van der Waals surface area contributed by atoms with Gasteiger partial charge in [0.15, 0.2) is 0 Å². The summed E-state index contributed by atoms with van der Waals surface area (Å²) >= 11 is 0. The first-order valence-electron chi connectivity index (χ1n) is 6.52. The van der Waals surface area contributed by atoms with Crippen molar-refractivity contribution in [1.29, 1.82) is 0 Å². The predicted octanol–water partition coefficient (Wildman–Crippen LogP) is -0.363. The molecule has 18 heavy (non-hydrogen) atoms. The number of rotatable bonds is 2. The summed E-state index contributed by atoms with van der Waals surface area (Å²) in [6.45, 7) is 7.99. The van der Waals surface area contributed by atoms with Crippen LogP contribution >= 0.6 is 0 Å². The molecule has 0 aromatic heterocycles. The van der Waals surface area contributed by atoms with Gasteiger partial charge in [-0.25, -0.2) is 0 Å². The Kier molecular flexibility index (Phi) is 4.28. The second kappa shape index (κ2) is 5.42. The third-order valence-corrected chi connectivity index (χ3v) is 5.32. The van der Waals surface area contributed by atoms with E-state index in [1.165, 1.54) is 0 Å². The fraction of sp³-hybridized carbons (Fsp3) is 1.00. The first-order chi connectivity index (χ1) is 8.42. The molecule has 0 spiro atoms. The molecule has 0 bridgehead atoms. The summed E-state index contributed by atoms with van der Waals surface area (Å²) in [7, 11) is -3.33. The van der Waals surface area contributed by atoms with Crippen LogP contribution in [0.25, 0.3) is 0 Å². The summed E-state index contributed by atoms with van der Waals surface area (Å²) < 4.78 is 33.8. The van der Waals surface area contributed by atoms with Gasteiger partial charge in [0.1, 0.15) is 0 Å². The molecule has 2 rings (SSSR count). The first-order valence-corrected chi connectivity index (χ1v) is 7.91. The Balaban J connectivity index is 2.09. The Morgan fingerprint density at radius 3 is 2.61 bits per heavy atom. The van der Waals surface area contributed by atoms with Crippen LogP contribution in [0.5, 0.6) is 0 Å². The molecule has 0 atom stereocenters. The topological polar surface area (TPSA) is 61.9 Å². The fourth-order valence-electron chi connectivity index (χ4n) is 2.39. The Bertz CT molecular complexity index is 375. The molecule has 0 unspecified atom stereocenters. The summed E-state index contributed by atoms with van der Waals surface area (Å²) in [5.41, 5.74) is -0.393. The van der Waals surface area contributed by atoms with Gasteiger partial charge in [-0.3, -0.25) is 0 Å². The normalized spacial score (nSPS) is 27.9. The Morgan fingerprint density at radius 1 is 1.11 bits per heavy atom. The van der Waals surface area contributed by atoms with E-state index >= 15 is 0 Å². The van der Waals surface area contributed by atoms with E-state index in [2.05, 4.69) is 5.32 Å². The van der Waals surface area contributed by atoms with Crippen LogP contribution in [0.3, 0.4) is 0 Å². The number of nitrogens with zero attached hydrogens (tertiary/aromatic N) is 2. The second-order valence-electron chi connectivity index (χ2n) is 5.45. The van der Waals surface area contributed by atoms with E-state index in [1.54, 1.807) is 8.61 Å². The van der Waals surface area contributed by atoms with Gasteiger partial charge in [0.2, 0.25) is 0 Å². The number of nitrogens with one attached hydrogen (secondary N) is 1. The quantitative estimate of drug-likeness (QED) is 0.748. The van der Waals surface area contributed by atoms with Gasteiger partial charge >= 0.3 is 0 Å². The van der Waals surface area contributed by atoms with Crippen LogP contribution in [0.2, 0.25) is 0 Å². The second-order valence-corrected chi connectivity index (χ2v) is 7.38. The molecule has 0 aromatic rings. The van der Waals surface area contributed by atoms with E-state index in [1.807, 2.05) is 13.8 Å². The zero-order valence-corrected chi connectivity index (χ0v) is 12.0. The van der Waals surface area contributed by atoms with Crippen LogP contribution in [0, 0.1) is 0 Å². The molecule has 0 amide bonds. The molecule has 2 aliphatic rings. The molecule has 1 N–H and O–H groups in total. The summed E-state index contributed by atoms with van der Waals surface area (Å²) in [4.78, 5) is 0. The van der Waals surface area contributed by atoms with Crippen LogP contribution in [0.1, 0.15) is 20.3 Å². The van der Waals surface area contributed by atoms with E-state index in [9.17, 15) is 8.42 Å². The number of morpholine rings is 1. The minimum atomic E-state index is -3.33. The van der Waals surface area contributed by atoms with Crippen LogP contribution in [0.15, 0.2) is 0 Å². The lowest BCUT2D eigenvalue weighted by Gasteiger charge is -2.39. The van der Waals surface area contributed by atoms with Crippen molar-refractivity contribution in [3.63, 3.8) is 0 Å². The van der Waals surface area contributed by atoms with Crippen LogP contribution in [-0.2, 0) is 14.9 Å². The third-order valence-electron chi connectivity index (χ3n) is 3.34. The minimum Gasteiger partial charge on any atom is -0.373 e. The van der Waals surface area contributed by atoms with E-state index in [4.69, 9.17) is 4.74 Å². The van der Waals surface area contributed by atoms with Gasteiger partial charge < -0.3 is 10.1 Å². The van der Waals surface area contributed by atoms with Crippen molar-refractivity contribution in [2.75, 3.05) is 45.9 Å². The number of ether oxygens (including phenoxy) is 1. The largest absolute Gasteiger partial charge is 0.373 e. The molecule has 106 valence electrons. The molecule has 2 fully saturated rings. The number of hydrogen-bond donors (Lipinski definition) is 1. The van der Waals surface area contributed by atoms with E-state index in [-0.39, 0.29) is 0 Å². The maximum Gasteiger partial charge on any atom is 0.282 e. The predicted molar refractivity (Wildman–Crippen MR) is 69.6 cm³/mol. The summed E-state index contributed by atoms with van der Waals surface area (Å²) in [6.07, 6.45) is 0.868. The summed E-state index contributed by atoms with van der Waals surface area (Å²) in [5, 5.41) is 3.22. The zero-order valence-electron chi connectivity index (χ0n) is 11.2. The van der Waals surface area contributed by atoms with Gasteiger partial charge in [0.25, 0.3) is 10.2 Å². The SMILES string of the molecule is CC1(C)CN(S(=O)(=O)N2CCCNCC2)CCO1. The average Bonchev–Trinajstić information content (AvgIpc) is 2.56. The first kappa shape index (κ1) is 14.2. The molecule has 6 nitrogen and oxygen atoms in total. The van der Waals surface area contributed by atoms with Gasteiger partial charge in [-0.2, -0.15) is 17.0 Å². The lowest BCUT2D eigenvalue weighted by Crippen LogP contribution is -2.55. The van der Waals surface area contributed by atoms with Crippen LogP contribution in [0.4, 0.5) is 0 Å². The fourth-order valence-corrected chi connectivity index (χ4v) is 4.17. The lowest BCUT2D eigenvalue weighted by atomic mass is 10.1. The average molecular weight is 277 g/mol. The third kappa shape index (κ3) is 3.21. The summed E-state index contributed by atoms with van der Waals surface area (Å²) in [6, 6.07) is 0. The highest BCUT2D eigenvalue weighted by Crippen LogP contribution is 2.21. The van der Waals surface area contributed by atoms with Gasteiger partial charge in [0, 0.05) is 32.7 Å². The van der Waals surface area contributed by atoms with Gasteiger partial charge in [-0.1, -0.05) is 0 Å². The number of hydrogen-bond acceptors (Lipinski definition) is 4. The van der Waals surface area contributed by atoms with Gasteiger partial charge in [-0.05, 0) is 26.8 Å².